The lowest BCUT2D eigenvalue weighted by Crippen LogP contribution is -1.97. The van der Waals surface area contributed by atoms with Gasteiger partial charge in [-0.15, -0.1) is 11.3 Å². The number of rotatable bonds is 2. The van der Waals surface area contributed by atoms with Crippen LogP contribution < -0.4 is 0 Å². The molecule has 0 aliphatic rings. The summed E-state index contributed by atoms with van der Waals surface area (Å²) in [7, 11) is 0. The largest absolute Gasteiger partial charge is 0.309 e. The van der Waals surface area contributed by atoms with Gasteiger partial charge in [-0.2, -0.15) is 0 Å². The van der Waals surface area contributed by atoms with Crippen LogP contribution in [0, 0.1) is 0 Å². The molecule has 0 unspecified atom stereocenters. The fourth-order valence-electron chi connectivity index (χ4n) is 8.08. The van der Waals surface area contributed by atoms with Crippen molar-refractivity contribution in [1.82, 2.24) is 9.13 Å². The van der Waals surface area contributed by atoms with Crippen molar-refractivity contribution in [3.8, 4) is 11.4 Å². The zero-order valence-corrected chi connectivity index (χ0v) is 26.1. The van der Waals surface area contributed by atoms with E-state index in [0.717, 1.165) is 0 Å². The molecule has 0 spiro atoms. The molecule has 0 aliphatic carbocycles. The molecule has 0 aliphatic heterocycles. The molecule has 0 radical (unpaired) electrons. The van der Waals surface area contributed by atoms with Crippen LogP contribution in [0.25, 0.3) is 96.7 Å². The Balaban J connectivity index is 1.40. The van der Waals surface area contributed by atoms with Crippen LogP contribution in [0.1, 0.15) is 0 Å². The average Bonchev–Trinajstić information content (AvgIpc) is 3.78. The highest BCUT2D eigenvalue weighted by Gasteiger charge is 2.22. The molecule has 47 heavy (non-hydrogen) atoms. The van der Waals surface area contributed by atoms with E-state index in [9.17, 15) is 0 Å². The molecule has 0 bridgehead atoms. The third-order valence-electron chi connectivity index (χ3n) is 10.1. The smallest absolute Gasteiger partial charge is 0.0563 e. The minimum atomic E-state index is 1.17. The normalized spacial score (nSPS) is 12.3. The van der Waals surface area contributed by atoms with Crippen LogP contribution in [-0.4, -0.2) is 9.13 Å². The highest BCUT2D eigenvalue weighted by atomic mass is 32.1. The Bertz CT molecular complexity index is 3070. The summed E-state index contributed by atoms with van der Waals surface area (Å²) in [6.07, 6.45) is 0. The molecule has 0 N–H and O–H groups in total. The topological polar surface area (TPSA) is 9.86 Å². The maximum absolute atomic E-state index is 2.54. The van der Waals surface area contributed by atoms with Crippen LogP contribution in [0.2, 0.25) is 0 Å². The molecule has 11 aromatic rings. The van der Waals surface area contributed by atoms with E-state index in [-0.39, 0.29) is 0 Å². The highest BCUT2D eigenvalue weighted by molar-refractivity contribution is 7.26. The minimum Gasteiger partial charge on any atom is -0.309 e. The summed E-state index contributed by atoms with van der Waals surface area (Å²) in [6, 6.07) is 58.1. The summed E-state index contributed by atoms with van der Waals surface area (Å²) in [5.41, 5.74) is 7.28. The van der Waals surface area contributed by atoms with Gasteiger partial charge in [0.25, 0.3) is 0 Å². The van der Waals surface area contributed by atoms with E-state index in [1.807, 2.05) is 11.3 Å². The van der Waals surface area contributed by atoms with Gasteiger partial charge in [-0.1, -0.05) is 109 Å². The van der Waals surface area contributed by atoms with Crippen molar-refractivity contribution in [3.05, 3.63) is 158 Å². The number of nitrogens with zero attached hydrogens (tertiary/aromatic N) is 2. The van der Waals surface area contributed by atoms with Gasteiger partial charge in [0.05, 0.1) is 27.8 Å². The predicted octanol–water partition coefficient (Wildman–Crippen LogP) is 12.6. The van der Waals surface area contributed by atoms with Crippen LogP contribution in [-0.2, 0) is 0 Å². The fourth-order valence-corrected chi connectivity index (χ4v) is 9.34. The van der Waals surface area contributed by atoms with Crippen molar-refractivity contribution in [3.63, 3.8) is 0 Å². The Morgan fingerprint density at radius 2 is 1.04 bits per heavy atom. The highest BCUT2D eigenvalue weighted by Crippen LogP contribution is 2.46. The van der Waals surface area contributed by atoms with Gasteiger partial charge in [0.1, 0.15) is 0 Å². The lowest BCUT2D eigenvalue weighted by atomic mass is 10.00. The maximum atomic E-state index is 2.54. The second-order valence-electron chi connectivity index (χ2n) is 12.5. The van der Waals surface area contributed by atoms with E-state index in [2.05, 4.69) is 167 Å². The summed E-state index contributed by atoms with van der Waals surface area (Å²) in [5, 5.41) is 12.9. The van der Waals surface area contributed by atoms with Crippen molar-refractivity contribution >= 4 is 96.7 Å². The predicted molar refractivity (Wildman–Crippen MR) is 203 cm³/mol. The number of aromatic nitrogens is 2. The summed E-state index contributed by atoms with van der Waals surface area (Å²) >= 11 is 1.91. The van der Waals surface area contributed by atoms with Crippen LogP contribution in [0.4, 0.5) is 0 Å². The molecule has 2 nitrogen and oxygen atoms in total. The number of fused-ring (bicyclic) bond motifs is 13. The van der Waals surface area contributed by atoms with Gasteiger partial charge in [0.2, 0.25) is 0 Å². The van der Waals surface area contributed by atoms with Crippen molar-refractivity contribution in [2.24, 2.45) is 0 Å². The van der Waals surface area contributed by atoms with Gasteiger partial charge in [-0.3, -0.25) is 0 Å². The maximum Gasteiger partial charge on any atom is 0.0563 e. The van der Waals surface area contributed by atoms with Gasteiger partial charge in [-0.05, 0) is 64.7 Å². The lowest BCUT2D eigenvalue weighted by Gasteiger charge is -2.15. The van der Waals surface area contributed by atoms with Crippen molar-refractivity contribution < 1.29 is 0 Å². The van der Waals surface area contributed by atoms with Crippen molar-refractivity contribution in [2.45, 2.75) is 0 Å². The van der Waals surface area contributed by atoms with Gasteiger partial charge in [-0.25, -0.2) is 0 Å². The SMILES string of the molecule is c1ccc(-n2c3ccccc3c3cc4c5c6sc7ccccc7c6ccc5n(-c5cc6ccccc6c6ccccc56)c4cc32)cc1. The van der Waals surface area contributed by atoms with Crippen LogP contribution in [0.3, 0.4) is 0 Å². The average molecular weight is 615 g/mol. The number of hydrogen-bond acceptors (Lipinski definition) is 1. The standard InChI is InChI=1S/C44H26N2S/c1-2-13-28(14-3-1)45-37-20-10-8-18-32(37)35-25-36-41(26-40(35)45)46(38-23-22-34-33-19-9-11-21-42(33)47-44(34)43(36)38)39-24-27-12-4-5-15-29(27)30-16-6-7-17-31(30)39/h1-26H. The van der Waals surface area contributed by atoms with E-state index in [1.54, 1.807) is 0 Å². The van der Waals surface area contributed by atoms with E-state index >= 15 is 0 Å². The minimum absolute atomic E-state index is 1.17. The molecule has 3 aromatic heterocycles. The second-order valence-corrected chi connectivity index (χ2v) is 13.6. The first-order valence-electron chi connectivity index (χ1n) is 16.1. The molecule has 0 saturated heterocycles. The van der Waals surface area contributed by atoms with Gasteiger partial charge in [0, 0.05) is 52.8 Å². The second kappa shape index (κ2) is 9.32. The lowest BCUT2D eigenvalue weighted by molar-refractivity contribution is 1.17. The van der Waals surface area contributed by atoms with E-state index in [4.69, 9.17) is 0 Å². The molecule has 218 valence electrons. The third kappa shape index (κ3) is 3.39. The number of para-hydroxylation sites is 2. The molecule has 11 rings (SSSR count). The first-order chi connectivity index (χ1) is 23.3. The molecular weight excluding hydrogens is 589 g/mol. The van der Waals surface area contributed by atoms with Gasteiger partial charge in [0.15, 0.2) is 0 Å². The van der Waals surface area contributed by atoms with Crippen LogP contribution in [0.5, 0.6) is 0 Å². The first kappa shape index (κ1) is 25.3. The Kier molecular flexibility index (Phi) is 5.02. The summed E-state index contributed by atoms with van der Waals surface area (Å²) < 4.78 is 7.65. The van der Waals surface area contributed by atoms with E-state index < -0.39 is 0 Å². The van der Waals surface area contributed by atoms with E-state index in [0.29, 0.717) is 0 Å². The molecule has 0 amide bonds. The molecule has 0 saturated carbocycles. The molecule has 8 aromatic carbocycles. The van der Waals surface area contributed by atoms with E-state index in [1.165, 1.54) is 96.7 Å². The molecule has 3 heterocycles. The first-order valence-corrected chi connectivity index (χ1v) is 16.9. The number of thiophene rings is 1. The monoisotopic (exact) mass is 614 g/mol. The zero-order chi connectivity index (χ0) is 30.6. The summed E-state index contributed by atoms with van der Waals surface area (Å²) in [5.74, 6) is 0. The molecule has 3 heteroatoms. The molecule has 0 atom stereocenters. The van der Waals surface area contributed by atoms with Crippen molar-refractivity contribution in [1.29, 1.82) is 0 Å². The van der Waals surface area contributed by atoms with Gasteiger partial charge < -0.3 is 9.13 Å². The fraction of sp³-hybridized carbons (Fsp3) is 0. The third-order valence-corrected chi connectivity index (χ3v) is 11.3. The number of benzene rings is 8. The quantitative estimate of drug-likeness (QED) is 0.171. The summed E-state index contributed by atoms with van der Waals surface area (Å²) in [6.45, 7) is 0. The van der Waals surface area contributed by atoms with Gasteiger partial charge >= 0.3 is 0 Å². The van der Waals surface area contributed by atoms with Crippen LogP contribution in [0.15, 0.2) is 158 Å². The Labute approximate surface area is 273 Å². The Hall–Kier alpha value is -5.90. The Morgan fingerprint density at radius 3 is 1.91 bits per heavy atom. The van der Waals surface area contributed by atoms with Crippen molar-refractivity contribution in [2.75, 3.05) is 0 Å². The number of hydrogen-bond donors (Lipinski definition) is 0. The molecule has 0 fully saturated rings. The van der Waals surface area contributed by atoms with Crippen LogP contribution >= 0.6 is 11.3 Å². The molecular formula is C44H26N2S. The summed E-state index contributed by atoms with van der Waals surface area (Å²) in [4.78, 5) is 0. The zero-order valence-electron chi connectivity index (χ0n) is 25.3. The Morgan fingerprint density at radius 1 is 0.362 bits per heavy atom.